The maximum atomic E-state index is 13.2. The van der Waals surface area contributed by atoms with Crippen molar-refractivity contribution < 1.29 is 24.2 Å². The Labute approximate surface area is 209 Å². The lowest BCUT2D eigenvalue weighted by Gasteiger charge is -2.34. The van der Waals surface area contributed by atoms with Gasteiger partial charge in [0.15, 0.2) is 0 Å². The molecule has 2 aromatic carbocycles. The van der Waals surface area contributed by atoms with Crippen molar-refractivity contribution in [2.45, 2.75) is 37.6 Å². The van der Waals surface area contributed by atoms with Gasteiger partial charge in [0.2, 0.25) is 5.91 Å². The molecule has 8 heteroatoms. The summed E-state index contributed by atoms with van der Waals surface area (Å²) in [7, 11) is 0. The second kappa shape index (κ2) is 10.3. The summed E-state index contributed by atoms with van der Waals surface area (Å²) < 4.78 is 5.65. The maximum Gasteiger partial charge on any atom is 0.407 e. The molecule has 0 radical (unpaired) electrons. The first kappa shape index (κ1) is 23.7. The van der Waals surface area contributed by atoms with Crippen LogP contribution in [0.25, 0.3) is 11.1 Å². The van der Waals surface area contributed by atoms with Gasteiger partial charge in [-0.3, -0.25) is 4.79 Å². The number of hydrogen-bond acceptors (Lipinski definition) is 5. The van der Waals surface area contributed by atoms with E-state index in [0.29, 0.717) is 18.2 Å². The number of benzene rings is 2. The number of nitrogens with zero attached hydrogens (tertiary/aromatic N) is 1. The number of aliphatic carboxylic acids is 1. The van der Waals surface area contributed by atoms with E-state index in [2.05, 4.69) is 29.6 Å². The van der Waals surface area contributed by atoms with Crippen molar-refractivity contribution in [3.63, 3.8) is 0 Å². The SMILES string of the molecule is O=C(NCC1CCCCC1C(=O)N1CSCC1C(=O)O)OCC1c2ccccc2-c2ccccc21. The highest BCUT2D eigenvalue weighted by molar-refractivity contribution is 7.99. The molecule has 1 aliphatic heterocycles. The van der Waals surface area contributed by atoms with Gasteiger partial charge in [0.1, 0.15) is 12.6 Å². The molecule has 2 aromatic rings. The van der Waals surface area contributed by atoms with E-state index >= 15 is 0 Å². The number of rotatable bonds is 6. The number of ether oxygens (including phenoxy) is 1. The van der Waals surface area contributed by atoms with Crippen LogP contribution in [0.3, 0.4) is 0 Å². The Morgan fingerprint density at radius 2 is 1.66 bits per heavy atom. The number of amides is 2. The van der Waals surface area contributed by atoms with Gasteiger partial charge in [-0.1, -0.05) is 61.4 Å². The molecule has 0 spiro atoms. The van der Waals surface area contributed by atoms with Crippen LogP contribution < -0.4 is 5.32 Å². The summed E-state index contributed by atoms with van der Waals surface area (Å²) in [6.07, 6.45) is 3.01. The van der Waals surface area contributed by atoms with Crippen molar-refractivity contribution in [3.05, 3.63) is 59.7 Å². The predicted octanol–water partition coefficient (Wildman–Crippen LogP) is 4.32. The topological polar surface area (TPSA) is 95.9 Å². The number of carboxylic acids is 1. The Balaban J connectivity index is 1.19. The number of nitrogens with one attached hydrogen (secondary N) is 1. The van der Waals surface area contributed by atoms with Crippen molar-refractivity contribution in [2.75, 3.05) is 24.8 Å². The molecule has 3 unspecified atom stereocenters. The van der Waals surface area contributed by atoms with E-state index in [-0.39, 0.29) is 30.3 Å². The van der Waals surface area contributed by atoms with E-state index in [1.165, 1.54) is 27.8 Å². The molecule has 3 atom stereocenters. The summed E-state index contributed by atoms with van der Waals surface area (Å²) in [5.74, 6) is -0.489. The fourth-order valence-corrected chi connectivity index (χ4v) is 6.87. The average molecular weight is 495 g/mol. The molecular formula is C27H30N2O5S. The van der Waals surface area contributed by atoms with Crippen LogP contribution in [0.5, 0.6) is 0 Å². The van der Waals surface area contributed by atoms with Crippen LogP contribution in [0.1, 0.15) is 42.7 Å². The van der Waals surface area contributed by atoms with Crippen molar-refractivity contribution in [1.29, 1.82) is 0 Å². The van der Waals surface area contributed by atoms with E-state index in [0.717, 1.165) is 36.8 Å². The lowest BCUT2D eigenvalue weighted by Crippen LogP contribution is -2.48. The van der Waals surface area contributed by atoms with Crippen LogP contribution >= 0.6 is 11.8 Å². The molecule has 3 aliphatic rings. The van der Waals surface area contributed by atoms with Crippen LogP contribution in [-0.4, -0.2) is 58.8 Å². The van der Waals surface area contributed by atoms with Gasteiger partial charge < -0.3 is 20.1 Å². The predicted molar refractivity (Wildman–Crippen MR) is 134 cm³/mol. The van der Waals surface area contributed by atoms with Crippen molar-refractivity contribution >= 4 is 29.7 Å². The largest absolute Gasteiger partial charge is 0.480 e. The quantitative estimate of drug-likeness (QED) is 0.621. The normalized spacial score (nSPS) is 23.4. The van der Waals surface area contributed by atoms with Crippen molar-refractivity contribution in [3.8, 4) is 11.1 Å². The number of carboxylic acid groups (broad SMARTS) is 1. The summed E-state index contributed by atoms with van der Waals surface area (Å²) in [6.45, 7) is 0.601. The third kappa shape index (κ3) is 4.76. The summed E-state index contributed by atoms with van der Waals surface area (Å²) in [6, 6.07) is 15.7. The number of hydrogen-bond donors (Lipinski definition) is 2. The van der Waals surface area contributed by atoms with Gasteiger partial charge in [0, 0.05) is 24.1 Å². The van der Waals surface area contributed by atoms with Crippen molar-refractivity contribution in [1.82, 2.24) is 10.2 Å². The zero-order chi connectivity index (χ0) is 24.4. The van der Waals surface area contributed by atoms with Crippen LogP contribution in [0.4, 0.5) is 4.79 Å². The van der Waals surface area contributed by atoms with Crippen LogP contribution in [0.2, 0.25) is 0 Å². The first-order chi connectivity index (χ1) is 17.0. The lowest BCUT2D eigenvalue weighted by molar-refractivity contribution is -0.150. The standard InChI is InChI=1S/C27H30N2O5S/c30-25(29-16-35-15-24(29)26(31)32)18-8-2-1-7-17(18)13-28-27(33)34-14-23-21-11-5-3-9-19(21)20-10-4-6-12-22(20)23/h3-6,9-12,17-18,23-24H,1-2,7-8,13-16H2,(H,28,33)(H,31,32). The zero-order valence-electron chi connectivity index (χ0n) is 19.5. The number of alkyl carbamates (subject to hydrolysis) is 1. The van der Waals surface area contributed by atoms with Gasteiger partial charge in [-0.15, -0.1) is 11.8 Å². The molecule has 7 nitrogen and oxygen atoms in total. The minimum Gasteiger partial charge on any atom is -0.480 e. The molecule has 1 saturated carbocycles. The van der Waals surface area contributed by atoms with Crippen LogP contribution in [-0.2, 0) is 14.3 Å². The highest BCUT2D eigenvalue weighted by atomic mass is 32.2. The Morgan fingerprint density at radius 3 is 2.34 bits per heavy atom. The molecule has 1 saturated heterocycles. The fourth-order valence-electron chi connectivity index (χ4n) is 5.72. The van der Waals surface area contributed by atoms with Gasteiger partial charge in [0.05, 0.1) is 5.88 Å². The molecular weight excluding hydrogens is 464 g/mol. The number of carbonyl (C=O) groups excluding carboxylic acids is 2. The third-order valence-electron chi connectivity index (χ3n) is 7.53. The van der Waals surface area contributed by atoms with Crippen LogP contribution in [0.15, 0.2) is 48.5 Å². The molecule has 1 heterocycles. The summed E-state index contributed by atoms with van der Waals surface area (Å²) in [4.78, 5) is 38.9. The zero-order valence-corrected chi connectivity index (χ0v) is 20.3. The van der Waals surface area contributed by atoms with Gasteiger partial charge in [-0.25, -0.2) is 9.59 Å². The fraction of sp³-hybridized carbons (Fsp3) is 0.444. The van der Waals surface area contributed by atoms with E-state index in [1.54, 1.807) is 0 Å². The highest BCUT2D eigenvalue weighted by Crippen LogP contribution is 2.44. The average Bonchev–Trinajstić information content (AvgIpc) is 3.50. The lowest BCUT2D eigenvalue weighted by atomic mass is 9.78. The number of carbonyl (C=O) groups is 3. The van der Waals surface area contributed by atoms with E-state index < -0.39 is 18.1 Å². The van der Waals surface area contributed by atoms with Gasteiger partial charge in [-0.05, 0) is 41.0 Å². The first-order valence-corrected chi connectivity index (χ1v) is 13.4. The minimum absolute atomic E-state index is 0.00206. The van der Waals surface area contributed by atoms with Crippen molar-refractivity contribution in [2.24, 2.45) is 11.8 Å². The second-order valence-electron chi connectivity index (χ2n) is 9.52. The van der Waals surface area contributed by atoms with Crippen LogP contribution in [0, 0.1) is 11.8 Å². The monoisotopic (exact) mass is 494 g/mol. The molecule has 0 bridgehead atoms. The molecule has 2 amide bonds. The molecule has 2 fully saturated rings. The molecule has 35 heavy (non-hydrogen) atoms. The Hall–Kier alpha value is -3.00. The third-order valence-corrected chi connectivity index (χ3v) is 8.54. The highest BCUT2D eigenvalue weighted by Gasteiger charge is 2.41. The summed E-state index contributed by atoms with van der Waals surface area (Å²) >= 11 is 1.47. The van der Waals surface area contributed by atoms with E-state index in [4.69, 9.17) is 4.74 Å². The Morgan fingerprint density at radius 1 is 1.00 bits per heavy atom. The summed E-state index contributed by atoms with van der Waals surface area (Å²) in [5, 5.41) is 12.3. The minimum atomic E-state index is -0.951. The van der Waals surface area contributed by atoms with E-state index in [1.807, 2.05) is 24.3 Å². The molecule has 184 valence electrons. The Kier molecular flexibility index (Phi) is 7.00. The van der Waals surface area contributed by atoms with Gasteiger partial charge >= 0.3 is 12.1 Å². The van der Waals surface area contributed by atoms with Gasteiger partial charge in [0.25, 0.3) is 0 Å². The molecule has 2 aliphatic carbocycles. The number of thioether (sulfide) groups is 1. The smallest absolute Gasteiger partial charge is 0.407 e. The molecule has 2 N–H and O–H groups in total. The molecule has 5 rings (SSSR count). The maximum absolute atomic E-state index is 13.2. The van der Waals surface area contributed by atoms with E-state index in [9.17, 15) is 19.5 Å². The second-order valence-corrected chi connectivity index (χ2v) is 10.5. The summed E-state index contributed by atoms with van der Waals surface area (Å²) in [5.41, 5.74) is 4.69. The Bertz CT molecular complexity index is 1080. The van der Waals surface area contributed by atoms with Gasteiger partial charge in [-0.2, -0.15) is 0 Å². The molecule has 0 aromatic heterocycles. The first-order valence-electron chi connectivity index (χ1n) is 12.2. The number of fused-ring (bicyclic) bond motifs is 3.